The molecule has 0 bridgehead atoms. The van der Waals surface area contributed by atoms with Crippen LogP contribution in [0, 0.1) is 0 Å². The van der Waals surface area contributed by atoms with E-state index in [-0.39, 0.29) is 24.5 Å². The highest BCUT2D eigenvalue weighted by Gasteiger charge is 2.26. The topological polar surface area (TPSA) is 88.2 Å². The lowest BCUT2D eigenvalue weighted by Crippen LogP contribution is -2.50. The molecule has 164 valence electrons. The zero-order valence-corrected chi connectivity index (χ0v) is 17.9. The third-order valence-corrected chi connectivity index (χ3v) is 4.96. The van der Waals surface area contributed by atoms with Gasteiger partial charge >= 0.3 is 6.09 Å². The van der Waals surface area contributed by atoms with E-state index < -0.39 is 0 Å². The second-order valence-corrected chi connectivity index (χ2v) is 7.25. The number of halogens is 1. The lowest BCUT2D eigenvalue weighted by atomic mass is 10.1. The van der Waals surface area contributed by atoms with Crippen molar-refractivity contribution >= 4 is 35.2 Å². The Morgan fingerprint density at radius 2 is 1.61 bits per heavy atom. The predicted octanol–water partition coefficient (Wildman–Crippen LogP) is 3.27. The minimum Gasteiger partial charge on any atom is -0.484 e. The van der Waals surface area contributed by atoms with Gasteiger partial charge < -0.3 is 24.6 Å². The molecule has 0 radical (unpaired) electrons. The summed E-state index contributed by atoms with van der Waals surface area (Å²) in [6.07, 6.45) is -0.372. The van der Waals surface area contributed by atoms with E-state index in [2.05, 4.69) is 5.32 Å². The van der Waals surface area contributed by atoms with Gasteiger partial charge in [-0.1, -0.05) is 23.7 Å². The lowest BCUT2D eigenvalue weighted by Gasteiger charge is -2.34. The number of nitrogens with one attached hydrogen (secondary N) is 1. The minimum absolute atomic E-state index is 0.206. The van der Waals surface area contributed by atoms with Gasteiger partial charge in [0.15, 0.2) is 6.61 Å². The van der Waals surface area contributed by atoms with Crippen LogP contribution in [-0.2, 0) is 9.53 Å². The molecule has 0 atom stereocenters. The third kappa shape index (κ3) is 6.11. The maximum atomic E-state index is 13.0. The molecule has 1 N–H and O–H groups in total. The first-order chi connectivity index (χ1) is 15.0. The molecule has 2 aromatic carbocycles. The van der Waals surface area contributed by atoms with Crippen molar-refractivity contribution < 1.29 is 23.9 Å². The number of ether oxygens (including phenoxy) is 2. The average Bonchev–Trinajstić information content (AvgIpc) is 2.79. The molecule has 0 spiro atoms. The van der Waals surface area contributed by atoms with Crippen LogP contribution in [0.4, 0.5) is 10.5 Å². The summed E-state index contributed by atoms with van der Waals surface area (Å²) in [6, 6.07) is 13.5. The first kappa shape index (κ1) is 22.4. The quantitative estimate of drug-likeness (QED) is 0.737. The van der Waals surface area contributed by atoms with Gasteiger partial charge in [0.1, 0.15) is 5.75 Å². The van der Waals surface area contributed by atoms with E-state index in [0.29, 0.717) is 54.8 Å². The molecule has 8 nitrogen and oxygen atoms in total. The van der Waals surface area contributed by atoms with Gasteiger partial charge in [-0.3, -0.25) is 9.59 Å². The van der Waals surface area contributed by atoms with Crippen molar-refractivity contribution in [3.05, 3.63) is 59.1 Å². The van der Waals surface area contributed by atoms with E-state index in [4.69, 9.17) is 21.1 Å². The van der Waals surface area contributed by atoms with Crippen molar-refractivity contribution in [3.8, 4) is 5.75 Å². The maximum absolute atomic E-state index is 13.0. The van der Waals surface area contributed by atoms with Crippen LogP contribution in [0.2, 0.25) is 5.02 Å². The second kappa shape index (κ2) is 10.7. The summed E-state index contributed by atoms with van der Waals surface area (Å²) in [4.78, 5) is 40.4. The van der Waals surface area contributed by atoms with Crippen LogP contribution < -0.4 is 10.1 Å². The number of rotatable bonds is 6. The van der Waals surface area contributed by atoms with Crippen molar-refractivity contribution in [1.82, 2.24) is 9.80 Å². The first-order valence-corrected chi connectivity index (χ1v) is 10.3. The molecule has 1 aliphatic rings. The Labute approximate surface area is 185 Å². The predicted molar refractivity (Wildman–Crippen MR) is 117 cm³/mol. The standard InChI is InChI=1S/C22H24ClN3O5/c1-2-30-22(29)26-13-11-25(12-14-26)21(28)18-5-3-4-6-19(18)24-20(27)15-31-17-9-7-16(23)8-10-17/h3-10H,2,11-15H2,1H3,(H,24,27). The van der Waals surface area contributed by atoms with Crippen LogP contribution in [0.15, 0.2) is 48.5 Å². The Hall–Kier alpha value is -3.26. The number of hydrogen-bond donors (Lipinski definition) is 1. The van der Waals surface area contributed by atoms with Gasteiger partial charge in [0.2, 0.25) is 0 Å². The Morgan fingerprint density at radius 3 is 2.29 bits per heavy atom. The Balaban J connectivity index is 1.58. The molecule has 3 amide bonds. The van der Waals surface area contributed by atoms with Crippen molar-refractivity contribution in [2.45, 2.75) is 6.92 Å². The molecule has 0 saturated carbocycles. The first-order valence-electron chi connectivity index (χ1n) is 9.96. The second-order valence-electron chi connectivity index (χ2n) is 6.81. The molecule has 3 rings (SSSR count). The highest BCUT2D eigenvalue weighted by atomic mass is 35.5. The van der Waals surface area contributed by atoms with E-state index >= 15 is 0 Å². The third-order valence-electron chi connectivity index (χ3n) is 4.71. The molecule has 9 heteroatoms. The van der Waals surface area contributed by atoms with Gasteiger partial charge in [-0.25, -0.2) is 4.79 Å². The van der Waals surface area contributed by atoms with E-state index in [0.717, 1.165) is 0 Å². The summed E-state index contributed by atoms with van der Waals surface area (Å²) in [7, 11) is 0. The van der Waals surface area contributed by atoms with E-state index in [9.17, 15) is 14.4 Å². The van der Waals surface area contributed by atoms with E-state index in [1.54, 1.807) is 65.3 Å². The van der Waals surface area contributed by atoms with Gasteiger partial charge in [0.05, 0.1) is 17.9 Å². The number of para-hydroxylation sites is 1. The smallest absolute Gasteiger partial charge is 0.409 e. The van der Waals surface area contributed by atoms with Gasteiger partial charge in [-0.05, 0) is 43.3 Å². The van der Waals surface area contributed by atoms with Crippen LogP contribution in [0.5, 0.6) is 5.75 Å². The Morgan fingerprint density at radius 1 is 0.968 bits per heavy atom. The fraction of sp³-hybridized carbons (Fsp3) is 0.318. The number of nitrogens with zero attached hydrogens (tertiary/aromatic N) is 2. The van der Waals surface area contributed by atoms with E-state index in [1.807, 2.05) is 0 Å². The monoisotopic (exact) mass is 445 g/mol. The molecular weight excluding hydrogens is 422 g/mol. The zero-order valence-electron chi connectivity index (χ0n) is 17.2. The molecule has 2 aromatic rings. The molecule has 1 fully saturated rings. The molecule has 0 unspecified atom stereocenters. The summed E-state index contributed by atoms with van der Waals surface area (Å²) in [5.41, 5.74) is 0.789. The van der Waals surface area contributed by atoms with Gasteiger partial charge in [-0.15, -0.1) is 0 Å². The number of hydrogen-bond acceptors (Lipinski definition) is 5. The number of carbonyl (C=O) groups is 3. The van der Waals surface area contributed by atoms with Crippen LogP contribution in [0.3, 0.4) is 0 Å². The van der Waals surface area contributed by atoms with Gasteiger partial charge in [0.25, 0.3) is 11.8 Å². The number of amides is 3. The Kier molecular flexibility index (Phi) is 7.72. The lowest BCUT2D eigenvalue weighted by molar-refractivity contribution is -0.118. The van der Waals surface area contributed by atoms with Gasteiger partial charge in [0, 0.05) is 31.2 Å². The molecular formula is C22H24ClN3O5. The summed E-state index contributed by atoms with van der Waals surface area (Å²) >= 11 is 5.83. The van der Waals surface area contributed by atoms with Gasteiger partial charge in [-0.2, -0.15) is 0 Å². The average molecular weight is 446 g/mol. The van der Waals surface area contributed by atoms with Crippen LogP contribution >= 0.6 is 11.6 Å². The summed E-state index contributed by atoms with van der Waals surface area (Å²) < 4.78 is 10.5. The zero-order chi connectivity index (χ0) is 22.2. The molecule has 1 aliphatic heterocycles. The largest absolute Gasteiger partial charge is 0.484 e. The summed E-state index contributed by atoms with van der Waals surface area (Å²) in [6.45, 7) is 3.43. The number of benzene rings is 2. The number of piperazine rings is 1. The summed E-state index contributed by atoms with van der Waals surface area (Å²) in [5, 5.41) is 3.31. The fourth-order valence-electron chi connectivity index (χ4n) is 3.12. The summed E-state index contributed by atoms with van der Waals surface area (Å²) in [5.74, 6) is -0.0799. The highest BCUT2D eigenvalue weighted by molar-refractivity contribution is 6.30. The van der Waals surface area contributed by atoms with E-state index in [1.165, 1.54) is 0 Å². The number of carbonyl (C=O) groups excluding carboxylic acids is 3. The minimum atomic E-state index is -0.387. The van der Waals surface area contributed by atoms with Crippen LogP contribution in [0.1, 0.15) is 17.3 Å². The van der Waals surface area contributed by atoms with Crippen molar-refractivity contribution in [2.24, 2.45) is 0 Å². The highest BCUT2D eigenvalue weighted by Crippen LogP contribution is 2.19. The maximum Gasteiger partial charge on any atom is 0.409 e. The fourth-order valence-corrected chi connectivity index (χ4v) is 3.25. The number of anilines is 1. The molecule has 31 heavy (non-hydrogen) atoms. The molecule has 0 aliphatic carbocycles. The van der Waals surface area contributed by atoms with Crippen molar-refractivity contribution in [2.75, 3.05) is 44.7 Å². The molecule has 0 aromatic heterocycles. The van der Waals surface area contributed by atoms with Crippen molar-refractivity contribution in [1.29, 1.82) is 0 Å². The van der Waals surface area contributed by atoms with Crippen LogP contribution in [0.25, 0.3) is 0 Å². The van der Waals surface area contributed by atoms with Crippen LogP contribution in [-0.4, -0.2) is 67.1 Å². The molecule has 1 saturated heterocycles. The normalized spacial score (nSPS) is 13.5. The van der Waals surface area contributed by atoms with Crippen molar-refractivity contribution in [3.63, 3.8) is 0 Å². The Bertz CT molecular complexity index is 927. The SMILES string of the molecule is CCOC(=O)N1CCN(C(=O)c2ccccc2NC(=O)COc2ccc(Cl)cc2)CC1. The molecule has 1 heterocycles.